The van der Waals surface area contributed by atoms with Gasteiger partial charge in [0.05, 0.1) is 6.61 Å². The minimum absolute atomic E-state index is 0.00218. The summed E-state index contributed by atoms with van der Waals surface area (Å²) in [6.07, 6.45) is 5.19. The predicted octanol–water partition coefficient (Wildman–Crippen LogP) is 5.95. The molecule has 1 fully saturated rings. The van der Waals surface area contributed by atoms with Crippen molar-refractivity contribution in [3.63, 3.8) is 0 Å². The van der Waals surface area contributed by atoms with Gasteiger partial charge in [0.25, 0.3) is 0 Å². The number of benzene rings is 2. The number of carbonyl (C=O) groups is 1. The van der Waals surface area contributed by atoms with Crippen LogP contribution in [-0.4, -0.2) is 26.3 Å². The monoisotopic (exact) mass is 426 g/mol. The molecule has 2 atom stereocenters. The Morgan fingerprint density at radius 2 is 1.55 bits per heavy atom. The van der Waals surface area contributed by atoms with Gasteiger partial charge in [-0.25, -0.2) is 0 Å². The summed E-state index contributed by atoms with van der Waals surface area (Å²) in [5, 5.41) is 2.87. The lowest BCUT2D eigenvalue weighted by atomic mass is 10.1. The predicted molar refractivity (Wildman–Crippen MR) is 129 cm³/mol. The molecule has 0 bridgehead atoms. The van der Waals surface area contributed by atoms with Crippen LogP contribution in [-0.2, 0) is 9.53 Å². The first kappa shape index (κ1) is 22.2. The first-order valence-electron chi connectivity index (χ1n) is 11.0. The third kappa shape index (κ3) is 6.79. The number of hydrogen-bond donors (Lipinski definition) is 0. The lowest BCUT2D eigenvalue weighted by Gasteiger charge is -2.30. The van der Waals surface area contributed by atoms with E-state index in [4.69, 9.17) is 4.74 Å². The van der Waals surface area contributed by atoms with Crippen molar-refractivity contribution in [2.45, 2.75) is 63.4 Å². The standard InChI is InChI=1S/C25H35O2PSi/c1-29(2,3)19-11-18-25(26)27-20-21-12-10-17-24(21)28(22-13-6-4-7-14-22)23-15-8-5-9-16-23/h4-9,13-16,21,24H,10-12,17-20H2,1-3H3. The Balaban J connectivity index is 1.65. The summed E-state index contributed by atoms with van der Waals surface area (Å²) in [4.78, 5) is 12.3. The van der Waals surface area contributed by atoms with E-state index in [1.165, 1.54) is 35.9 Å². The first-order valence-corrected chi connectivity index (χ1v) is 16.1. The Morgan fingerprint density at radius 3 is 2.10 bits per heavy atom. The van der Waals surface area contributed by atoms with E-state index in [2.05, 4.69) is 80.3 Å². The van der Waals surface area contributed by atoms with Gasteiger partial charge in [0, 0.05) is 20.4 Å². The Labute approximate surface area is 178 Å². The Morgan fingerprint density at radius 1 is 0.966 bits per heavy atom. The summed E-state index contributed by atoms with van der Waals surface area (Å²) < 4.78 is 5.78. The average molecular weight is 427 g/mol. The summed E-state index contributed by atoms with van der Waals surface area (Å²) in [7, 11) is -1.51. The van der Waals surface area contributed by atoms with Crippen molar-refractivity contribution < 1.29 is 9.53 Å². The van der Waals surface area contributed by atoms with Gasteiger partial charge in [0.15, 0.2) is 0 Å². The van der Waals surface area contributed by atoms with E-state index >= 15 is 0 Å². The van der Waals surface area contributed by atoms with Gasteiger partial charge in [-0.2, -0.15) is 0 Å². The molecular formula is C25H35O2PSi. The second-order valence-electron chi connectivity index (χ2n) is 9.40. The van der Waals surface area contributed by atoms with E-state index < -0.39 is 16.0 Å². The molecule has 3 rings (SSSR count). The van der Waals surface area contributed by atoms with Crippen molar-refractivity contribution in [2.24, 2.45) is 5.92 Å². The summed E-state index contributed by atoms with van der Waals surface area (Å²) >= 11 is 0. The molecule has 2 nitrogen and oxygen atoms in total. The molecule has 1 saturated carbocycles. The van der Waals surface area contributed by atoms with Gasteiger partial charge in [-0.05, 0) is 43.5 Å². The van der Waals surface area contributed by atoms with Crippen LogP contribution in [0.1, 0.15) is 32.1 Å². The molecule has 0 aliphatic heterocycles. The summed E-state index contributed by atoms with van der Waals surface area (Å²) in [5.74, 6) is 0.472. The van der Waals surface area contributed by atoms with Gasteiger partial charge in [0.2, 0.25) is 0 Å². The van der Waals surface area contributed by atoms with Crippen molar-refractivity contribution in [3.05, 3.63) is 60.7 Å². The van der Waals surface area contributed by atoms with E-state index in [0.717, 1.165) is 6.42 Å². The number of rotatable bonds is 9. The maximum absolute atomic E-state index is 12.3. The molecule has 156 valence electrons. The van der Waals surface area contributed by atoms with Crippen molar-refractivity contribution >= 4 is 32.6 Å². The molecular weight excluding hydrogens is 391 g/mol. The lowest BCUT2D eigenvalue weighted by Crippen LogP contribution is -2.28. The summed E-state index contributed by atoms with van der Waals surface area (Å²) in [6.45, 7) is 7.67. The molecule has 2 aromatic rings. The minimum atomic E-state index is -1.08. The largest absolute Gasteiger partial charge is 0.465 e. The SMILES string of the molecule is C[Si](C)(C)CCCC(=O)OCC1CCCC1P(c1ccccc1)c1ccccc1. The van der Waals surface area contributed by atoms with Crippen LogP contribution in [0, 0.1) is 5.92 Å². The molecule has 2 aromatic carbocycles. The zero-order valence-corrected chi connectivity index (χ0v) is 20.0. The van der Waals surface area contributed by atoms with Crippen LogP contribution in [0.4, 0.5) is 0 Å². The highest BCUT2D eigenvalue weighted by Crippen LogP contribution is 2.50. The molecule has 0 amide bonds. The van der Waals surface area contributed by atoms with E-state index in [9.17, 15) is 4.79 Å². The van der Waals surface area contributed by atoms with Crippen molar-refractivity contribution in [1.82, 2.24) is 0 Å². The second-order valence-corrected chi connectivity index (χ2v) is 17.5. The Hall–Kier alpha value is -1.44. The smallest absolute Gasteiger partial charge is 0.305 e. The van der Waals surface area contributed by atoms with Gasteiger partial charge in [0.1, 0.15) is 0 Å². The topological polar surface area (TPSA) is 26.3 Å². The zero-order valence-electron chi connectivity index (χ0n) is 18.1. The van der Waals surface area contributed by atoms with E-state index in [1.54, 1.807) is 0 Å². The van der Waals surface area contributed by atoms with Crippen molar-refractivity contribution in [1.29, 1.82) is 0 Å². The molecule has 4 heteroatoms. The molecule has 0 saturated heterocycles. The van der Waals surface area contributed by atoms with Crippen LogP contribution >= 0.6 is 7.92 Å². The molecule has 0 radical (unpaired) electrons. The van der Waals surface area contributed by atoms with Crippen LogP contribution in [0.5, 0.6) is 0 Å². The maximum Gasteiger partial charge on any atom is 0.305 e. The molecule has 0 spiro atoms. The fraction of sp³-hybridized carbons (Fsp3) is 0.480. The highest BCUT2D eigenvalue weighted by Gasteiger charge is 2.35. The molecule has 29 heavy (non-hydrogen) atoms. The third-order valence-electron chi connectivity index (χ3n) is 5.79. The van der Waals surface area contributed by atoms with Gasteiger partial charge in [-0.3, -0.25) is 4.79 Å². The maximum atomic E-state index is 12.3. The van der Waals surface area contributed by atoms with Crippen molar-refractivity contribution in [2.75, 3.05) is 6.61 Å². The Kier molecular flexibility index (Phi) is 8.09. The molecule has 1 aliphatic rings. The minimum Gasteiger partial charge on any atom is -0.465 e. The summed E-state index contributed by atoms with van der Waals surface area (Å²) in [6, 6.07) is 23.1. The first-order chi connectivity index (χ1) is 13.9. The quantitative estimate of drug-likeness (QED) is 0.281. The summed E-state index contributed by atoms with van der Waals surface area (Å²) in [5.41, 5.74) is 0.588. The fourth-order valence-corrected chi connectivity index (χ4v) is 8.68. The average Bonchev–Trinajstić information content (AvgIpc) is 3.15. The number of ether oxygens (including phenoxy) is 1. The molecule has 0 heterocycles. The van der Waals surface area contributed by atoms with Crippen LogP contribution in [0.3, 0.4) is 0 Å². The van der Waals surface area contributed by atoms with E-state index in [-0.39, 0.29) is 5.97 Å². The third-order valence-corrected chi connectivity index (χ3v) is 10.7. The second kappa shape index (κ2) is 10.5. The molecule has 1 aliphatic carbocycles. The van der Waals surface area contributed by atoms with Crippen LogP contribution in [0.2, 0.25) is 25.7 Å². The molecule has 0 aromatic heterocycles. The number of esters is 1. The van der Waals surface area contributed by atoms with Crippen molar-refractivity contribution in [3.8, 4) is 0 Å². The zero-order chi connectivity index (χ0) is 20.7. The van der Waals surface area contributed by atoms with Gasteiger partial charge >= 0.3 is 5.97 Å². The lowest BCUT2D eigenvalue weighted by molar-refractivity contribution is -0.144. The van der Waals surface area contributed by atoms with Crippen LogP contribution < -0.4 is 10.6 Å². The van der Waals surface area contributed by atoms with Gasteiger partial charge < -0.3 is 4.74 Å². The van der Waals surface area contributed by atoms with Crippen LogP contribution in [0.25, 0.3) is 0 Å². The highest BCUT2D eigenvalue weighted by atomic mass is 31.1. The fourth-order valence-electron chi connectivity index (χ4n) is 4.30. The Bertz CT molecular complexity index is 718. The van der Waals surface area contributed by atoms with E-state index in [0.29, 0.717) is 24.6 Å². The van der Waals surface area contributed by atoms with Crippen LogP contribution in [0.15, 0.2) is 60.7 Å². The normalized spacial score (nSPS) is 19.4. The molecule has 0 N–H and O–H groups in total. The number of hydrogen-bond acceptors (Lipinski definition) is 2. The van der Waals surface area contributed by atoms with E-state index in [1.807, 2.05) is 0 Å². The van der Waals surface area contributed by atoms with Gasteiger partial charge in [-0.1, -0.05) is 92.8 Å². The highest BCUT2D eigenvalue weighted by molar-refractivity contribution is 7.73. The van der Waals surface area contributed by atoms with Gasteiger partial charge in [-0.15, -0.1) is 0 Å². The number of carbonyl (C=O) groups excluding carboxylic acids is 1. The molecule has 2 unspecified atom stereocenters.